The van der Waals surface area contributed by atoms with E-state index in [1.165, 1.54) is 22.9 Å². The second-order valence-electron chi connectivity index (χ2n) is 5.69. The third-order valence-corrected chi connectivity index (χ3v) is 5.36. The number of aryl methyl sites for hydroxylation is 1. The molecule has 0 saturated heterocycles. The van der Waals surface area contributed by atoms with Gasteiger partial charge in [-0.2, -0.15) is 0 Å². The molecule has 1 aliphatic rings. The highest BCUT2D eigenvalue weighted by atomic mass is 32.1. The first-order chi connectivity index (χ1) is 10.0. The zero-order valence-electron chi connectivity index (χ0n) is 12.4. The molecule has 2 atom stereocenters. The van der Waals surface area contributed by atoms with Gasteiger partial charge in [0.1, 0.15) is 10.9 Å². The quantitative estimate of drug-likeness (QED) is 0.799. The molecule has 0 N–H and O–H groups in total. The number of hydrogen-bond acceptors (Lipinski definition) is 5. The minimum absolute atomic E-state index is 0.134. The van der Waals surface area contributed by atoms with E-state index in [0.717, 1.165) is 29.7 Å². The van der Waals surface area contributed by atoms with Crippen LogP contribution in [0.15, 0.2) is 11.1 Å². The SMILES string of the molecule is COC(=O)[C@H](C)n1cnc2sc3c(c2c1=O)CC[C@H](C)C3. The van der Waals surface area contributed by atoms with Crippen LogP contribution in [0.25, 0.3) is 10.2 Å². The maximum atomic E-state index is 12.7. The Bertz CT molecular complexity index is 762. The molecular formula is C15H18N2O3S. The van der Waals surface area contributed by atoms with Gasteiger partial charge in [-0.1, -0.05) is 6.92 Å². The molecule has 0 spiro atoms. The molecule has 2 aromatic heterocycles. The van der Waals surface area contributed by atoms with Crippen LogP contribution in [0.3, 0.4) is 0 Å². The number of esters is 1. The van der Waals surface area contributed by atoms with Gasteiger partial charge in [0.15, 0.2) is 0 Å². The second kappa shape index (κ2) is 5.26. The van der Waals surface area contributed by atoms with Crippen molar-refractivity contribution in [3.8, 4) is 0 Å². The van der Waals surface area contributed by atoms with Crippen LogP contribution in [0.2, 0.25) is 0 Å². The average Bonchev–Trinajstić information content (AvgIpc) is 2.84. The van der Waals surface area contributed by atoms with E-state index in [2.05, 4.69) is 11.9 Å². The van der Waals surface area contributed by atoms with Gasteiger partial charge in [0, 0.05) is 4.88 Å². The van der Waals surface area contributed by atoms with Gasteiger partial charge in [-0.15, -0.1) is 11.3 Å². The Morgan fingerprint density at radius 2 is 2.33 bits per heavy atom. The van der Waals surface area contributed by atoms with E-state index in [1.807, 2.05) is 0 Å². The third-order valence-electron chi connectivity index (χ3n) is 4.20. The summed E-state index contributed by atoms with van der Waals surface area (Å²) < 4.78 is 6.09. The molecule has 0 bridgehead atoms. The number of ether oxygens (including phenoxy) is 1. The maximum absolute atomic E-state index is 12.7. The standard InChI is InChI=1S/C15H18N2O3S/c1-8-4-5-10-11(6-8)21-13-12(10)14(18)17(7-16-13)9(2)15(19)20-3/h7-9H,4-6H2,1-3H3/t8-,9-/m0/s1. The van der Waals surface area contributed by atoms with Gasteiger partial charge in [-0.05, 0) is 37.7 Å². The first-order valence-electron chi connectivity index (χ1n) is 7.12. The summed E-state index contributed by atoms with van der Waals surface area (Å²) in [4.78, 5) is 30.8. The third kappa shape index (κ3) is 2.27. The van der Waals surface area contributed by atoms with E-state index in [4.69, 9.17) is 4.74 Å². The van der Waals surface area contributed by atoms with E-state index in [9.17, 15) is 9.59 Å². The summed E-state index contributed by atoms with van der Waals surface area (Å²) in [6.07, 6.45) is 4.49. The Labute approximate surface area is 126 Å². The van der Waals surface area contributed by atoms with Crippen LogP contribution in [0.4, 0.5) is 0 Å². The number of nitrogens with zero attached hydrogens (tertiary/aromatic N) is 2. The summed E-state index contributed by atoms with van der Waals surface area (Å²) in [7, 11) is 1.32. The van der Waals surface area contributed by atoms with Gasteiger partial charge in [0.2, 0.25) is 0 Å². The molecule has 0 unspecified atom stereocenters. The topological polar surface area (TPSA) is 61.2 Å². The van der Waals surface area contributed by atoms with Gasteiger partial charge in [-0.3, -0.25) is 9.36 Å². The van der Waals surface area contributed by atoms with Crippen LogP contribution in [0.1, 0.15) is 36.8 Å². The van der Waals surface area contributed by atoms with E-state index < -0.39 is 12.0 Å². The lowest BCUT2D eigenvalue weighted by Gasteiger charge is -2.17. The summed E-state index contributed by atoms with van der Waals surface area (Å²) in [5.74, 6) is 0.220. The molecule has 6 heteroatoms. The Kier molecular flexibility index (Phi) is 3.57. The Morgan fingerprint density at radius 3 is 3.05 bits per heavy atom. The largest absolute Gasteiger partial charge is 0.467 e. The first kappa shape index (κ1) is 14.3. The highest BCUT2D eigenvalue weighted by Gasteiger charge is 2.25. The summed E-state index contributed by atoms with van der Waals surface area (Å²) in [5, 5.41) is 0.695. The lowest BCUT2D eigenvalue weighted by Crippen LogP contribution is -2.29. The molecular weight excluding hydrogens is 288 g/mol. The Morgan fingerprint density at radius 1 is 1.57 bits per heavy atom. The maximum Gasteiger partial charge on any atom is 0.328 e. The van der Waals surface area contributed by atoms with Crippen molar-refractivity contribution in [2.24, 2.45) is 5.92 Å². The fourth-order valence-corrected chi connectivity index (χ4v) is 4.25. The molecule has 112 valence electrons. The number of aromatic nitrogens is 2. The average molecular weight is 306 g/mol. The van der Waals surface area contributed by atoms with Crippen LogP contribution in [-0.2, 0) is 22.4 Å². The van der Waals surface area contributed by atoms with Crippen molar-refractivity contribution in [3.05, 3.63) is 27.1 Å². The van der Waals surface area contributed by atoms with Gasteiger partial charge >= 0.3 is 5.97 Å². The molecule has 0 aromatic carbocycles. The van der Waals surface area contributed by atoms with Crippen LogP contribution in [0, 0.1) is 5.92 Å². The van der Waals surface area contributed by atoms with Crippen molar-refractivity contribution < 1.29 is 9.53 Å². The number of rotatable bonds is 2. The second-order valence-corrected chi connectivity index (χ2v) is 6.77. The summed E-state index contributed by atoms with van der Waals surface area (Å²) >= 11 is 1.61. The van der Waals surface area contributed by atoms with Crippen molar-refractivity contribution in [2.75, 3.05) is 7.11 Å². The molecule has 0 saturated carbocycles. The lowest BCUT2D eigenvalue weighted by atomic mass is 9.89. The number of carbonyl (C=O) groups is 1. The van der Waals surface area contributed by atoms with Crippen LogP contribution >= 0.6 is 11.3 Å². The van der Waals surface area contributed by atoms with E-state index in [-0.39, 0.29) is 5.56 Å². The van der Waals surface area contributed by atoms with E-state index in [0.29, 0.717) is 11.3 Å². The predicted molar refractivity (Wildman–Crippen MR) is 81.8 cm³/mol. The van der Waals surface area contributed by atoms with Crippen LogP contribution < -0.4 is 5.56 Å². The molecule has 0 amide bonds. The zero-order chi connectivity index (χ0) is 15.1. The minimum atomic E-state index is -0.655. The number of fused-ring (bicyclic) bond motifs is 3. The van der Waals surface area contributed by atoms with Crippen molar-refractivity contribution in [1.29, 1.82) is 0 Å². The van der Waals surface area contributed by atoms with Gasteiger partial charge in [-0.25, -0.2) is 9.78 Å². The number of hydrogen-bond donors (Lipinski definition) is 0. The fraction of sp³-hybridized carbons (Fsp3) is 0.533. The van der Waals surface area contributed by atoms with Crippen molar-refractivity contribution in [2.45, 2.75) is 39.2 Å². The van der Waals surface area contributed by atoms with Crippen LogP contribution in [-0.4, -0.2) is 22.6 Å². The predicted octanol–water partition coefficient (Wildman–Crippen LogP) is 2.32. The monoisotopic (exact) mass is 306 g/mol. The van der Waals surface area contributed by atoms with E-state index in [1.54, 1.807) is 18.3 Å². The van der Waals surface area contributed by atoms with Gasteiger partial charge < -0.3 is 4.74 Å². The molecule has 3 rings (SSSR count). The molecule has 5 nitrogen and oxygen atoms in total. The molecule has 2 aromatic rings. The molecule has 1 aliphatic carbocycles. The first-order valence-corrected chi connectivity index (χ1v) is 7.93. The highest BCUT2D eigenvalue weighted by molar-refractivity contribution is 7.18. The Balaban J connectivity index is 2.17. The highest BCUT2D eigenvalue weighted by Crippen LogP contribution is 2.35. The van der Waals surface area contributed by atoms with Crippen LogP contribution in [0.5, 0.6) is 0 Å². The normalized spacial score (nSPS) is 19.3. The molecule has 0 aliphatic heterocycles. The van der Waals surface area contributed by atoms with Gasteiger partial charge in [0.25, 0.3) is 5.56 Å². The fourth-order valence-electron chi connectivity index (χ4n) is 2.90. The molecule has 21 heavy (non-hydrogen) atoms. The zero-order valence-corrected chi connectivity index (χ0v) is 13.2. The summed E-state index contributed by atoms with van der Waals surface area (Å²) in [6, 6.07) is -0.655. The van der Waals surface area contributed by atoms with Crippen molar-refractivity contribution >= 4 is 27.5 Å². The van der Waals surface area contributed by atoms with Crippen molar-refractivity contribution in [3.63, 3.8) is 0 Å². The minimum Gasteiger partial charge on any atom is -0.467 e. The molecule has 0 radical (unpaired) electrons. The van der Waals surface area contributed by atoms with Gasteiger partial charge in [0.05, 0.1) is 18.8 Å². The molecule has 2 heterocycles. The van der Waals surface area contributed by atoms with Crippen molar-refractivity contribution in [1.82, 2.24) is 9.55 Å². The number of methoxy groups -OCH3 is 1. The number of thiophene rings is 1. The molecule has 0 fully saturated rings. The summed E-state index contributed by atoms with van der Waals surface area (Å²) in [5.41, 5.74) is 1.00. The number of carbonyl (C=O) groups excluding carboxylic acids is 1. The van der Waals surface area contributed by atoms with E-state index >= 15 is 0 Å². The lowest BCUT2D eigenvalue weighted by molar-refractivity contribution is -0.144. The summed E-state index contributed by atoms with van der Waals surface area (Å²) in [6.45, 7) is 3.89. The Hall–Kier alpha value is -1.69. The smallest absolute Gasteiger partial charge is 0.328 e.